The van der Waals surface area contributed by atoms with Crippen LogP contribution >= 0.6 is 0 Å². The molecule has 0 saturated carbocycles. The highest BCUT2D eigenvalue weighted by molar-refractivity contribution is 5.81. The molecule has 2 N–H and O–H groups in total. The summed E-state index contributed by atoms with van der Waals surface area (Å²) in [6.45, 7) is 5.57. The lowest BCUT2D eigenvalue weighted by Crippen LogP contribution is -2.48. The van der Waals surface area contributed by atoms with E-state index in [2.05, 4.69) is 0 Å². The molecule has 2 rings (SSSR count). The van der Waals surface area contributed by atoms with Crippen molar-refractivity contribution in [2.24, 2.45) is 5.73 Å². The number of likely N-dealkylation sites (N-methyl/N-ethyl adjacent to an activating group) is 1. The first-order valence-corrected chi connectivity index (χ1v) is 8.04. The van der Waals surface area contributed by atoms with E-state index in [9.17, 15) is 9.59 Å². The third kappa shape index (κ3) is 4.45. The number of likely N-dealkylation sites (tertiary alicyclic amines) is 1. The number of hydrogen-bond donors (Lipinski definition) is 1. The van der Waals surface area contributed by atoms with Crippen molar-refractivity contribution < 1.29 is 14.3 Å². The summed E-state index contributed by atoms with van der Waals surface area (Å²) in [7, 11) is 0. The Morgan fingerprint density at radius 2 is 2.09 bits per heavy atom. The first-order valence-electron chi connectivity index (χ1n) is 8.04. The van der Waals surface area contributed by atoms with Gasteiger partial charge >= 0.3 is 6.09 Å². The van der Waals surface area contributed by atoms with Gasteiger partial charge in [-0.05, 0) is 25.8 Å². The van der Waals surface area contributed by atoms with Crippen molar-refractivity contribution in [1.29, 1.82) is 0 Å². The number of carbonyl (C=O) groups excluding carboxylic acids is 2. The molecular weight excluding hydrogens is 294 g/mol. The van der Waals surface area contributed by atoms with Crippen molar-refractivity contribution in [2.45, 2.75) is 39.0 Å². The first-order chi connectivity index (χ1) is 11.0. The lowest BCUT2D eigenvalue weighted by molar-refractivity contribution is -0.134. The van der Waals surface area contributed by atoms with Gasteiger partial charge < -0.3 is 20.3 Å². The largest absolute Gasteiger partial charge is 0.445 e. The maximum absolute atomic E-state index is 12.2. The van der Waals surface area contributed by atoms with Crippen LogP contribution in [0.4, 0.5) is 4.79 Å². The fourth-order valence-electron chi connectivity index (χ4n) is 2.83. The van der Waals surface area contributed by atoms with Gasteiger partial charge in [0.1, 0.15) is 6.61 Å². The molecule has 0 bridgehead atoms. The number of carbonyl (C=O) groups is 2. The second kappa shape index (κ2) is 7.97. The van der Waals surface area contributed by atoms with Crippen LogP contribution in [0.1, 0.15) is 25.8 Å². The fourth-order valence-corrected chi connectivity index (χ4v) is 2.83. The zero-order chi connectivity index (χ0) is 16.8. The summed E-state index contributed by atoms with van der Waals surface area (Å²) in [5.74, 6) is -0.0722. The number of rotatable bonds is 5. The van der Waals surface area contributed by atoms with Gasteiger partial charge in [-0.15, -0.1) is 0 Å². The summed E-state index contributed by atoms with van der Waals surface area (Å²) in [5, 5.41) is 0. The second-order valence-electron chi connectivity index (χ2n) is 5.84. The van der Waals surface area contributed by atoms with Crippen LogP contribution in [0.5, 0.6) is 0 Å². The Kier molecular flexibility index (Phi) is 5.98. The van der Waals surface area contributed by atoms with Crippen LogP contribution in [0.2, 0.25) is 0 Å². The van der Waals surface area contributed by atoms with Crippen LogP contribution in [0.3, 0.4) is 0 Å². The second-order valence-corrected chi connectivity index (χ2v) is 5.84. The van der Waals surface area contributed by atoms with Crippen LogP contribution in [0.15, 0.2) is 30.3 Å². The summed E-state index contributed by atoms with van der Waals surface area (Å²) >= 11 is 0. The molecule has 0 radical (unpaired) electrons. The van der Waals surface area contributed by atoms with Gasteiger partial charge in [0.2, 0.25) is 5.91 Å². The maximum atomic E-state index is 12.2. The van der Waals surface area contributed by atoms with E-state index in [1.807, 2.05) is 37.3 Å². The molecule has 1 saturated heterocycles. The van der Waals surface area contributed by atoms with E-state index in [-0.39, 0.29) is 24.6 Å². The zero-order valence-corrected chi connectivity index (χ0v) is 13.8. The summed E-state index contributed by atoms with van der Waals surface area (Å²) in [6, 6.07) is 9.07. The molecule has 2 unspecified atom stereocenters. The molecule has 1 aromatic rings. The number of benzene rings is 1. The lowest BCUT2D eigenvalue weighted by Gasteiger charge is -2.29. The molecule has 23 heavy (non-hydrogen) atoms. The number of ether oxygens (including phenoxy) is 1. The Balaban J connectivity index is 1.86. The Hall–Kier alpha value is -2.08. The summed E-state index contributed by atoms with van der Waals surface area (Å²) in [6.07, 6.45) is 0.424. The Labute approximate surface area is 137 Å². The van der Waals surface area contributed by atoms with Crippen molar-refractivity contribution in [2.75, 3.05) is 19.6 Å². The van der Waals surface area contributed by atoms with Crippen LogP contribution in [0, 0.1) is 0 Å². The summed E-state index contributed by atoms with van der Waals surface area (Å²) < 4.78 is 5.34. The molecular formula is C17H25N3O3. The van der Waals surface area contributed by atoms with Gasteiger partial charge in [-0.3, -0.25) is 4.79 Å². The van der Waals surface area contributed by atoms with Gasteiger partial charge in [0, 0.05) is 19.6 Å². The van der Waals surface area contributed by atoms with Gasteiger partial charge in [-0.2, -0.15) is 0 Å². The van der Waals surface area contributed by atoms with Crippen LogP contribution in [0.25, 0.3) is 0 Å². The predicted octanol–water partition coefficient (Wildman–Crippen LogP) is 1.59. The number of amides is 2. The number of nitrogens with two attached hydrogens (primary N) is 1. The number of hydrogen-bond acceptors (Lipinski definition) is 4. The average molecular weight is 319 g/mol. The van der Waals surface area contributed by atoms with Crippen molar-refractivity contribution >= 4 is 12.0 Å². The third-order valence-electron chi connectivity index (χ3n) is 4.08. The average Bonchev–Trinajstić information content (AvgIpc) is 3.04. The van der Waals surface area contributed by atoms with Crippen LogP contribution in [-0.2, 0) is 16.1 Å². The topological polar surface area (TPSA) is 75.9 Å². The maximum Gasteiger partial charge on any atom is 0.410 e. The Morgan fingerprint density at radius 3 is 2.70 bits per heavy atom. The molecule has 1 aromatic carbocycles. The summed E-state index contributed by atoms with van der Waals surface area (Å²) in [5.41, 5.74) is 6.65. The molecule has 2 atom stereocenters. The van der Waals surface area contributed by atoms with E-state index < -0.39 is 6.04 Å². The van der Waals surface area contributed by atoms with Gasteiger partial charge in [-0.1, -0.05) is 30.3 Å². The van der Waals surface area contributed by atoms with Gasteiger partial charge in [-0.25, -0.2) is 4.79 Å². The molecule has 2 amide bonds. The van der Waals surface area contributed by atoms with E-state index >= 15 is 0 Å². The Bertz CT molecular complexity index is 533. The SMILES string of the molecule is CCN(C(=O)C(C)N)C1CCN(C(=O)OCc2ccccc2)C1. The summed E-state index contributed by atoms with van der Waals surface area (Å²) in [4.78, 5) is 27.7. The molecule has 1 aliphatic heterocycles. The third-order valence-corrected chi connectivity index (χ3v) is 4.08. The monoisotopic (exact) mass is 319 g/mol. The highest BCUT2D eigenvalue weighted by Gasteiger charge is 2.33. The molecule has 6 heteroatoms. The van der Waals surface area contributed by atoms with Gasteiger partial charge in [0.05, 0.1) is 12.1 Å². The minimum absolute atomic E-state index is 0.0165. The molecule has 0 spiro atoms. The first kappa shape index (κ1) is 17.3. The standard InChI is InChI=1S/C17H25N3O3/c1-3-20(16(21)13(2)18)15-9-10-19(11-15)17(22)23-12-14-7-5-4-6-8-14/h4-8,13,15H,3,9-12,18H2,1-2H3. The minimum atomic E-state index is -0.519. The normalized spacial score (nSPS) is 18.6. The van der Waals surface area contributed by atoms with Crippen molar-refractivity contribution in [3.8, 4) is 0 Å². The molecule has 126 valence electrons. The molecule has 1 fully saturated rings. The van der Waals surface area contributed by atoms with Crippen LogP contribution < -0.4 is 5.73 Å². The van der Waals surface area contributed by atoms with Gasteiger partial charge in [0.15, 0.2) is 0 Å². The van der Waals surface area contributed by atoms with Gasteiger partial charge in [0.25, 0.3) is 0 Å². The van der Waals surface area contributed by atoms with Crippen molar-refractivity contribution in [3.63, 3.8) is 0 Å². The van der Waals surface area contributed by atoms with E-state index in [4.69, 9.17) is 10.5 Å². The fraction of sp³-hybridized carbons (Fsp3) is 0.529. The van der Waals surface area contributed by atoms with Crippen LogP contribution in [-0.4, -0.2) is 53.5 Å². The van der Waals surface area contributed by atoms with Crippen molar-refractivity contribution in [3.05, 3.63) is 35.9 Å². The number of nitrogens with zero attached hydrogens (tertiary/aromatic N) is 2. The minimum Gasteiger partial charge on any atom is -0.445 e. The van der Waals surface area contributed by atoms with E-state index in [1.54, 1.807) is 16.7 Å². The smallest absolute Gasteiger partial charge is 0.410 e. The molecule has 1 heterocycles. The van der Waals surface area contributed by atoms with E-state index in [1.165, 1.54) is 0 Å². The zero-order valence-electron chi connectivity index (χ0n) is 13.8. The lowest BCUT2D eigenvalue weighted by atomic mass is 10.2. The Morgan fingerprint density at radius 1 is 1.39 bits per heavy atom. The quantitative estimate of drug-likeness (QED) is 0.894. The van der Waals surface area contributed by atoms with E-state index in [0.29, 0.717) is 19.6 Å². The molecule has 6 nitrogen and oxygen atoms in total. The van der Waals surface area contributed by atoms with Crippen molar-refractivity contribution in [1.82, 2.24) is 9.80 Å². The highest BCUT2D eigenvalue weighted by Crippen LogP contribution is 2.17. The predicted molar refractivity (Wildman–Crippen MR) is 87.6 cm³/mol. The highest BCUT2D eigenvalue weighted by atomic mass is 16.6. The molecule has 0 aliphatic carbocycles. The van der Waals surface area contributed by atoms with E-state index in [0.717, 1.165) is 12.0 Å². The molecule has 1 aliphatic rings. The molecule has 0 aromatic heterocycles.